The Hall–Kier alpha value is -3.72. The van der Waals surface area contributed by atoms with Crippen LogP contribution in [0.5, 0.6) is 0 Å². The van der Waals surface area contributed by atoms with Crippen LogP contribution in [-0.2, 0) is 16.1 Å². The van der Waals surface area contributed by atoms with Crippen molar-refractivity contribution in [3.8, 4) is 0 Å². The fraction of sp³-hybridized carbons (Fsp3) is 0.185. The van der Waals surface area contributed by atoms with Gasteiger partial charge in [0.15, 0.2) is 0 Å². The zero-order valence-electron chi connectivity index (χ0n) is 19.4. The lowest BCUT2D eigenvalue weighted by molar-refractivity contribution is -0.123. The highest BCUT2D eigenvalue weighted by Gasteiger charge is 2.21. The number of anilines is 2. The van der Waals surface area contributed by atoms with Crippen LogP contribution in [0.3, 0.4) is 0 Å². The summed E-state index contributed by atoms with van der Waals surface area (Å²) in [5.41, 5.74) is 8.88. The lowest BCUT2D eigenvalue weighted by atomic mass is 10.0. The largest absolute Gasteiger partial charge is 0.397 e. The number of carbonyl (C=O) groups excluding carboxylic acids is 2. The number of hydrogen-bond acceptors (Lipinski definition) is 6. The molecule has 7 nitrogen and oxygen atoms in total. The maximum atomic E-state index is 13.1. The molecule has 0 saturated heterocycles. The molecule has 0 radical (unpaired) electrons. The smallest absolute Gasteiger partial charge is 0.265 e. The molecule has 3 aromatic carbocycles. The van der Waals surface area contributed by atoms with Gasteiger partial charge in [-0.3, -0.25) is 14.9 Å². The van der Waals surface area contributed by atoms with Crippen LogP contribution in [-0.4, -0.2) is 32.1 Å². The number of amides is 2. The van der Waals surface area contributed by atoms with Gasteiger partial charge in [0.1, 0.15) is 6.04 Å². The number of fused-ring (bicyclic) bond motifs is 1. The first-order valence-corrected chi connectivity index (χ1v) is 12.1. The summed E-state index contributed by atoms with van der Waals surface area (Å²) in [7, 11) is 1.62. The maximum absolute atomic E-state index is 13.1. The number of carbonyl (C=O) groups is 2. The molecular formula is C27H28N4O3S. The van der Waals surface area contributed by atoms with Crippen molar-refractivity contribution in [2.75, 3.05) is 31.3 Å². The third-order valence-electron chi connectivity index (χ3n) is 5.54. The average Bonchev–Trinajstić information content (AvgIpc) is 3.31. The van der Waals surface area contributed by atoms with Crippen LogP contribution in [0.2, 0.25) is 0 Å². The molecular weight excluding hydrogens is 460 g/mol. The van der Waals surface area contributed by atoms with Gasteiger partial charge in [0.2, 0.25) is 5.91 Å². The topological polar surface area (TPSA) is 105 Å². The molecule has 180 valence electrons. The first-order valence-electron chi connectivity index (χ1n) is 11.3. The van der Waals surface area contributed by atoms with Crippen LogP contribution >= 0.6 is 11.3 Å². The Kier molecular flexibility index (Phi) is 8.10. The molecule has 5 N–H and O–H groups in total. The number of rotatable bonds is 10. The Morgan fingerprint density at radius 1 is 1.00 bits per heavy atom. The summed E-state index contributed by atoms with van der Waals surface area (Å²) in [6, 6.07) is 24.0. The molecule has 0 aliphatic rings. The Bertz CT molecular complexity index is 1310. The number of para-hydroxylation sites is 2. The Balaban J connectivity index is 1.53. The molecule has 1 atom stereocenters. The summed E-state index contributed by atoms with van der Waals surface area (Å²) in [6.07, 6.45) is 0. The van der Waals surface area contributed by atoms with Gasteiger partial charge in [0.05, 0.1) is 22.9 Å². The van der Waals surface area contributed by atoms with E-state index >= 15 is 0 Å². The highest BCUT2D eigenvalue weighted by Crippen LogP contribution is 2.30. The number of thiophene rings is 1. The standard InChI is InChI=1S/C27H28N4O3S/c1-34-14-13-29-25(27(33)30-17-18-7-3-2-4-8-18)20-12-11-19-15-24(35-23(19)16-20)26(32)31-22-10-6-5-9-21(22)28/h2-12,15-16,25,29H,13-14,17,28H2,1H3,(H,30,33)(H,31,32). The van der Waals surface area contributed by atoms with Gasteiger partial charge < -0.3 is 21.1 Å². The van der Waals surface area contributed by atoms with Crippen molar-refractivity contribution < 1.29 is 14.3 Å². The van der Waals surface area contributed by atoms with Crippen molar-refractivity contribution >= 4 is 44.6 Å². The van der Waals surface area contributed by atoms with Crippen LogP contribution in [0.4, 0.5) is 11.4 Å². The van der Waals surface area contributed by atoms with Gasteiger partial charge in [-0.2, -0.15) is 0 Å². The van der Waals surface area contributed by atoms with Crippen molar-refractivity contribution in [2.24, 2.45) is 0 Å². The molecule has 0 saturated carbocycles. The van der Waals surface area contributed by atoms with Gasteiger partial charge in [0.25, 0.3) is 5.91 Å². The minimum atomic E-state index is -0.554. The zero-order chi connectivity index (χ0) is 24.6. The van der Waals surface area contributed by atoms with Crippen molar-refractivity contribution in [1.29, 1.82) is 0 Å². The number of benzene rings is 3. The summed E-state index contributed by atoms with van der Waals surface area (Å²) in [6.45, 7) is 1.45. The number of nitrogens with one attached hydrogen (secondary N) is 3. The molecule has 1 heterocycles. The van der Waals surface area contributed by atoms with Crippen molar-refractivity contribution in [2.45, 2.75) is 12.6 Å². The first-order chi connectivity index (χ1) is 17.0. The van der Waals surface area contributed by atoms with Crippen molar-refractivity contribution in [3.63, 3.8) is 0 Å². The van der Waals surface area contributed by atoms with E-state index < -0.39 is 6.04 Å². The molecule has 0 bridgehead atoms. The Labute approximate surface area is 208 Å². The van der Waals surface area contributed by atoms with E-state index in [1.807, 2.05) is 66.7 Å². The molecule has 4 aromatic rings. The van der Waals surface area contributed by atoms with E-state index in [9.17, 15) is 9.59 Å². The van der Waals surface area contributed by atoms with Gasteiger partial charge in [-0.15, -0.1) is 11.3 Å². The van der Waals surface area contributed by atoms with Gasteiger partial charge in [-0.25, -0.2) is 0 Å². The highest BCUT2D eigenvalue weighted by atomic mass is 32.1. The lowest BCUT2D eigenvalue weighted by Gasteiger charge is -2.19. The minimum absolute atomic E-state index is 0.126. The third kappa shape index (κ3) is 6.24. The third-order valence-corrected chi connectivity index (χ3v) is 6.63. The molecule has 1 unspecified atom stereocenters. The summed E-state index contributed by atoms with van der Waals surface area (Å²) in [5.74, 6) is -0.348. The molecule has 0 aliphatic carbocycles. The summed E-state index contributed by atoms with van der Waals surface area (Å²) in [4.78, 5) is 26.5. The minimum Gasteiger partial charge on any atom is -0.397 e. The monoisotopic (exact) mass is 488 g/mol. The van der Waals surface area contributed by atoms with E-state index in [1.165, 1.54) is 11.3 Å². The van der Waals surface area contributed by atoms with Crippen molar-refractivity contribution in [3.05, 3.63) is 94.9 Å². The summed E-state index contributed by atoms with van der Waals surface area (Å²) < 4.78 is 6.07. The van der Waals surface area contributed by atoms with Gasteiger partial charge >= 0.3 is 0 Å². The second-order valence-electron chi connectivity index (χ2n) is 8.03. The van der Waals surface area contributed by atoms with Crippen LogP contribution < -0.4 is 21.7 Å². The predicted octanol–water partition coefficient (Wildman–Crippen LogP) is 4.33. The number of nitrogen functional groups attached to an aromatic ring is 1. The summed E-state index contributed by atoms with van der Waals surface area (Å²) >= 11 is 1.38. The molecule has 0 spiro atoms. The van der Waals surface area contributed by atoms with Crippen molar-refractivity contribution in [1.82, 2.24) is 10.6 Å². The number of hydrogen-bond donors (Lipinski definition) is 4. The number of nitrogens with two attached hydrogens (primary N) is 1. The average molecular weight is 489 g/mol. The fourth-order valence-electron chi connectivity index (χ4n) is 3.69. The van der Waals surface area contributed by atoms with Crippen LogP contribution in [0.15, 0.2) is 78.9 Å². The summed E-state index contributed by atoms with van der Waals surface area (Å²) in [5, 5.41) is 10.1. The van der Waals surface area contributed by atoms with Crippen LogP contribution in [0.1, 0.15) is 26.8 Å². The van der Waals surface area contributed by atoms with E-state index in [-0.39, 0.29) is 11.8 Å². The van der Waals surface area contributed by atoms with E-state index in [4.69, 9.17) is 10.5 Å². The molecule has 2 amide bonds. The highest BCUT2D eigenvalue weighted by molar-refractivity contribution is 7.20. The van der Waals surface area contributed by atoms with Gasteiger partial charge in [-0.05, 0) is 40.8 Å². The zero-order valence-corrected chi connectivity index (χ0v) is 20.2. The lowest BCUT2D eigenvalue weighted by Crippen LogP contribution is -2.38. The van der Waals surface area contributed by atoms with Crippen LogP contribution in [0, 0.1) is 0 Å². The number of ether oxygens (including phenoxy) is 1. The Morgan fingerprint density at radius 2 is 1.77 bits per heavy atom. The second kappa shape index (κ2) is 11.6. The fourth-order valence-corrected chi connectivity index (χ4v) is 4.69. The van der Waals surface area contributed by atoms with E-state index in [0.29, 0.717) is 35.9 Å². The van der Waals surface area contributed by atoms with E-state index in [2.05, 4.69) is 16.0 Å². The van der Waals surface area contributed by atoms with Gasteiger partial charge in [0, 0.05) is 24.9 Å². The first kappa shape index (κ1) is 24.4. The Morgan fingerprint density at radius 3 is 2.54 bits per heavy atom. The number of methoxy groups -OCH3 is 1. The molecule has 1 aromatic heterocycles. The van der Waals surface area contributed by atoms with E-state index in [1.54, 1.807) is 19.2 Å². The molecule has 0 aliphatic heterocycles. The quantitative estimate of drug-likeness (QED) is 0.196. The molecule has 35 heavy (non-hydrogen) atoms. The van der Waals surface area contributed by atoms with Crippen LogP contribution in [0.25, 0.3) is 10.1 Å². The van der Waals surface area contributed by atoms with E-state index in [0.717, 1.165) is 21.2 Å². The second-order valence-corrected chi connectivity index (χ2v) is 9.12. The SMILES string of the molecule is COCCNC(C(=O)NCc1ccccc1)c1ccc2cc(C(=O)Nc3ccccc3N)sc2c1. The molecule has 0 fully saturated rings. The molecule has 4 rings (SSSR count). The predicted molar refractivity (Wildman–Crippen MR) is 142 cm³/mol. The molecule has 8 heteroatoms. The van der Waals surface area contributed by atoms with Gasteiger partial charge in [-0.1, -0.05) is 54.6 Å². The maximum Gasteiger partial charge on any atom is 0.265 e. The normalized spacial score (nSPS) is 11.8.